The van der Waals surface area contributed by atoms with E-state index in [0.717, 1.165) is 46.7 Å². The number of rotatable bonds is 4. The van der Waals surface area contributed by atoms with E-state index in [1.165, 1.54) is 11.3 Å². The molecule has 156 valence electrons. The second-order valence-electron chi connectivity index (χ2n) is 7.80. The number of fused-ring (bicyclic) bond motifs is 1. The molecule has 5 nitrogen and oxygen atoms in total. The molecule has 6 heteroatoms. The zero-order valence-electron chi connectivity index (χ0n) is 17.0. The van der Waals surface area contributed by atoms with Gasteiger partial charge in [0.25, 0.3) is 5.56 Å². The Bertz CT molecular complexity index is 1300. The maximum Gasteiger partial charge on any atom is 0.256 e. The maximum atomic E-state index is 13.7. The summed E-state index contributed by atoms with van der Waals surface area (Å²) in [6, 6.07) is 22.2. The minimum Gasteiger partial charge on any atom is -0.347 e. The first-order valence-electron chi connectivity index (χ1n) is 10.5. The average molecular weight is 430 g/mol. The number of nitrogens with zero attached hydrogens (tertiary/aromatic N) is 2. The van der Waals surface area contributed by atoms with Crippen molar-refractivity contribution in [2.24, 2.45) is 5.73 Å². The lowest BCUT2D eigenvalue weighted by Gasteiger charge is -2.34. The lowest BCUT2D eigenvalue weighted by molar-refractivity contribution is 0.104. The molecule has 0 aliphatic carbocycles. The van der Waals surface area contributed by atoms with Gasteiger partial charge >= 0.3 is 0 Å². The zero-order valence-corrected chi connectivity index (χ0v) is 17.8. The predicted molar refractivity (Wildman–Crippen MR) is 126 cm³/mol. The average Bonchev–Trinajstić information content (AvgIpc) is 3.19. The minimum atomic E-state index is -0.138. The zero-order chi connectivity index (χ0) is 21.4. The van der Waals surface area contributed by atoms with E-state index in [1.807, 2.05) is 60.7 Å². The van der Waals surface area contributed by atoms with E-state index in [4.69, 9.17) is 5.73 Å². The number of nitrogens with two attached hydrogens (primary N) is 1. The normalized spacial score (nSPS) is 16.5. The smallest absolute Gasteiger partial charge is 0.256 e. The van der Waals surface area contributed by atoms with Crippen LogP contribution in [0.15, 0.2) is 77.6 Å². The first-order valence-corrected chi connectivity index (χ1v) is 11.3. The lowest BCUT2D eigenvalue weighted by Crippen LogP contribution is -2.45. The first-order chi connectivity index (χ1) is 15.1. The van der Waals surface area contributed by atoms with Crippen molar-refractivity contribution < 1.29 is 4.79 Å². The van der Waals surface area contributed by atoms with Gasteiger partial charge in [-0.1, -0.05) is 59.9 Å². The molecule has 1 saturated heterocycles. The topological polar surface area (TPSA) is 68.3 Å². The Labute approximate surface area is 184 Å². The number of carbonyl (C=O) groups excluding carboxylic acids is 1. The Morgan fingerprint density at radius 1 is 0.935 bits per heavy atom. The molecule has 0 saturated carbocycles. The molecular formula is C25H23N3O2S. The number of pyridine rings is 1. The maximum absolute atomic E-state index is 13.7. The number of benzene rings is 2. The summed E-state index contributed by atoms with van der Waals surface area (Å²) >= 11 is 1.48. The van der Waals surface area contributed by atoms with Gasteiger partial charge in [-0.2, -0.15) is 0 Å². The second-order valence-corrected chi connectivity index (χ2v) is 8.77. The van der Waals surface area contributed by atoms with Gasteiger partial charge in [-0.15, -0.1) is 0 Å². The quantitative estimate of drug-likeness (QED) is 0.483. The van der Waals surface area contributed by atoms with Crippen molar-refractivity contribution in [1.29, 1.82) is 0 Å². The van der Waals surface area contributed by atoms with Crippen LogP contribution in [0.1, 0.15) is 35.2 Å². The number of carbonyl (C=O) groups is 1. The lowest BCUT2D eigenvalue weighted by atomic mass is 10.0. The number of anilines is 1. The largest absolute Gasteiger partial charge is 0.347 e. The van der Waals surface area contributed by atoms with Gasteiger partial charge in [0.1, 0.15) is 9.83 Å². The summed E-state index contributed by atoms with van der Waals surface area (Å²) in [5.74, 6) is -0.0436. The molecule has 1 atom stereocenters. The fourth-order valence-corrected chi connectivity index (χ4v) is 5.65. The predicted octanol–water partition coefficient (Wildman–Crippen LogP) is 4.56. The van der Waals surface area contributed by atoms with E-state index in [-0.39, 0.29) is 17.5 Å². The summed E-state index contributed by atoms with van der Waals surface area (Å²) in [6.45, 7) is 0.804. The van der Waals surface area contributed by atoms with Crippen LogP contribution in [0, 0.1) is 0 Å². The van der Waals surface area contributed by atoms with Crippen LogP contribution in [0.5, 0.6) is 0 Å². The number of piperidine rings is 1. The Morgan fingerprint density at radius 3 is 2.35 bits per heavy atom. The standard InChI is InChI=1S/C25H23N3O2S/c26-20-13-7-8-16-27(20)25-22(23(30)17-9-3-1-4-10-17)19-14-15-21(29)28(24(19)31-25)18-11-5-2-6-12-18/h1-6,9-12,14-15,20H,7-8,13,16,26H2. The number of hydrogen-bond acceptors (Lipinski definition) is 5. The molecule has 2 aromatic carbocycles. The highest BCUT2D eigenvalue weighted by Gasteiger charge is 2.29. The molecule has 1 aliphatic rings. The van der Waals surface area contributed by atoms with Gasteiger partial charge in [0.2, 0.25) is 0 Å². The van der Waals surface area contributed by atoms with E-state index in [1.54, 1.807) is 16.7 Å². The van der Waals surface area contributed by atoms with Crippen LogP contribution in [0.2, 0.25) is 0 Å². The van der Waals surface area contributed by atoms with E-state index in [9.17, 15) is 9.59 Å². The third-order valence-corrected chi connectivity index (χ3v) is 7.04. The van der Waals surface area contributed by atoms with Crippen molar-refractivity contribution in [3.8, 4) is 5.69 Å². The van der Waals surface area contributed by atoms with Gasteiger partial charge in [0.15, 0.2) is 5.78 Å². The first kappa shape index (κ1) is 19.7. The summed E-state index contributed by atoms with van der Waals surface area (Å²) in [4.78, 5) is 29.5. The Hall–Kier alpha value is -3.22. The van der Waals surface area contributed by atoms with E-state index >= 15 is 0 Å². The number of ketones is 1. The number of thiophene rings is 1. The molecule has 2 aromatic heterocycles. The molecule has 31 heavy (non-hydrogen) atoms. The third-order valence-electron chi connectivity index (χ3n) is 5.81. The van der Waals surface area contributed by atoms with Crippen LogP contribution < -0.4 is 16.2 Å². The molecule has 0 radical (unpaired) electrons. The van der Waals surface area contributed by atoms with Crippen molar-refractivity contribution in [2.45, 2.75) is 25.4 Å². The van der Waals surface area contributed by atoms with Crippen LogP contribution in [0.4, 0.5) is 5.00 Å². The van der Waals surface area contributed by atoms with Crippen LogP contribution in [0.3, 0.4) is 0 Å². The van der Waals surface area contributed by atoms with Crippen LogP contribution in [-0.2, 0) is 0 Å². The highest BCUT2D eigenvalue weighted by Crippen LogP contribution is 2.41. The van der Waals surface area contributed by atoms with E-state index in [2.05, 4.69) is 4.90 Å². The fourth-order valence-electron chi connectivity index (χ4n) is 4.26. The Kier molecular flexibility index (Phi) is 5.18. The molecule has 0 spiro atoms. The van der Waals surface area contributed by atoms with E-state index < -0.39 is 0 Å². The van der Waals surface area contributed by atoms with Crippen molar-refractivity contribution in [3.63, 3.8) is 0 Å². The van der Waals surface area contributed by atoms with Crippen molar-refractivity contribution in [3.05, 3.63) is 94.3 Å². The van der Waals surface area contributed by atoms with Crippen LogP contribution in [-0.4, -0.2) is 23.1 Å². The molecular weight excluding hydrogens is 406 g/mol. The summed E-state index contributed by atoms with van der Waals surface area (Å²) in [6.07, 6.45) is 2.87. The number of hydrogen-bond donors (Lipinski definition) is 1. The van der Waals surface area contributed by atoms with Gasteiger partial charge in [0.05, 0.1) is 17.4 Å². The van der Waals surface area contributed by atoms with Gasteiger partial charge in [-0.25, -0.2) is 0 Å². The van der Waals surface area contributed by atoms with Gasteiger partial charge in [-0.3, -0.25) is 14.2 Å². The number of para-hydroxylation sites is 1. The van der Waals surface area contributed by atoms with Gasteiger partial charge < -0.3 is 10.6 Å². The Balaban J connectivity index is 1.80. The molecule has 3 heterocycles. The molecule has 4 aromatic rings. The second kappa shape index (κ2) is 8.13. The van der Waals surface area contributed by atoms with Crippen molar-refractivity contribution in [1.82, 2.24) is 4.57 Å². The molecule has 0 amide bonds. The highest BCUT2D eigenvalue weighted by atomic mass is 32.1. The Morgan fingerprint density at radius 2 is 1.65 bits per heavy atom. The minimum absolute atomic E-state index is 0.0436. The summed E-state index contributed by atoms with van der Waals surface area (Å²) in [5, 5.41) is 1.64. The molecule has 1 fully saturated rings. The van der Waals surface area contributed by atoms with Crippen LogP contribution in [0.25, 0.3) is 15.9 Å². The summed E-state index contributed by atoms with van der Waals surface area (Å²) in [5.41, 5.74) is 8.40. The number of aromatic nitrogens is 1. The summed E-state index contributed by atoms with van der Waals surface area (Å²) in [7, 11) is 0. The van der Waals surface area contributed by atoms with Gasteiger partial charge in [-0.05, 0) is 37.5 Å². The van der Waals surface area contributed by atoms with Gasteiger partial charge in [0, 0.05) is 23.6 Å². The van der Waals surface area contributed by atoms with Crippen molar-refractivity contribution >= 4 is 32.3 Å². The molecule has 0 bridgehead atoms. The van der Waals surface area contributed by atoms with Crippen molar-refractivity contribution in [2.75, 3.05) is 11.4 Å². The third kappa shape index (κ3) is 3.48. The highest BCUT2D eigenvalue weighted by molar-refractivity contribution is 7.23. The summed E-state index contributed by atoms with van der Waals surface area (Å²) < 4.78 is 1.70. The molecule has 1 unspecified atom stereocenters. The molecule has 1 aliphatic heterocycles. The fraction of sp³-hybridized carbons (Fsp3) is 0.200. The SMILES string of the molecule is NC1CCCCN1c1sc2c(ccc(=O)n2-c2ccccc2)c1C(=O)c1ccccc1. The molecule has 2 N–H and O–H groups in total. The van der Waals surface area contributed by atoms with Crippen LogP contribution >= 0.6 is 11.3 Å². The molecule has 5 rings (SSSR count). The van der Waals surface area contributed by atoms with E-state index in [0.29, 0.717) is 11.1 Å². The monoisotopic (exact) mass is 429 g/mol.